The summed E-state index contributed by atoms with van der Waals surface area (Å²) < 4.78 is 15.7. The molecule has 0 spiro atoms. The first-order chi connectivity index (χ1) is 9.19. The average molecular weight is 263 g/mol. The minimum Gasteiger partial charge on any atom is -0.313 e. The van der Waals surface area contributed by atoms with Crippen LogP contribution in [0.3, 0.4) is 0 Å². The van der Waals surface area contributed by atoms with Crippen molar-refractivity contribution >= 4 is 16.6 Å². The monoisotopic (exact) mass is 263 g/mol. The van der Waals surface area contributed by atoms with Crippen LogP contribution in [0.5, 0.6) is 0 Å². The van der Waals surface area contributed by atoms with E-state index in [9.17, 15) is 4.39 Å². The number of hydroxylamine groups is 1. The minimum atomic E-state index is -0.230. The quantitative estimate of drug-likeness (QED) is 0.665. The van der Waals surface area contributed by atoms with Crippen molar-refractivity contribution in [1.82, 2.24) is 10.0 Å². The molecule has 0 radical (unpaired) electrons. The lowest BCUT2D eigenvalue weighted by Crippen LogP contribution is -2.15. The van der Waals surface area contributed by atoms with Gasteiger partial charge in [-0.15, -0.1) is 0 Å². The van der Waals surface area contributed by atoms with Gasteiger partial charge in [-0.25, -0.2) is 9.87 Å². The van der Waals surface area contributed by atoms with E-state index in [1.807, 2.05) is 30.5 Å². The fourth-order valence-corrected chi connectivity index (χ4v) is 2.13. The number of fused-ring (bicyclic) bond motifs is 1. The molecule has 0 aliphatic heterocycles. The van der Waals surface area contributed by atoms with Crippen molar-refractivity contribution in [3.8, 4) is 0 Å². The first kappa shape index (κ1) is 13.7. The standard InChI is InChI=1S/C14H18FN3O/c1-4-17-10(2)14-8-11-12(15)6-5-7-13(11)18(14)9-19-16-3/h5-8,16H,4,9H2,1-3H3. The number of aliphatic imine (C=N–C) groups is 1. The van der Waals surface area contributed by atoms with E-state index in [-0.39, 0.29) is 5.82 Å². The van der Waals surface area contributed by atoms with E-state index in [0.717, 1.165) is 16.9 Å². The third kappa shape index (κ3) is 2.67. The van der Waals surface area contributed by atoms with E-state index in [4.69, 9.17) is 4.84 Å². The number of hydrogen-bond acceptors (Lipinski definition) is 3. The van der Waals surface area contributed by atoms with Crippen LogP contribution in [0.25, 0.3) is 10.9 Å². The van der Waals surface area contributed by atoms with Gasteiger partial charge in [-0.1, -0.05) is 6.07 Å². The molecule has 0 saturated carbocycles. The molecule has 4 nitrogen and oxygen atoms in total. The molecule has 0 fully saturated rings. The predicted octanol–water partition coefficient (Wildman–Crippen LogP) is 2.72. The van der Waals surface area contributed by atoms with Gasteiger partial charge in [-0.2, -0.15) is 0 Å². The molecule has 0 bridgehead atoms. The van der Waals surface area contributed by atoms with Gasteiger partial charge in [-0.3, -0.25) is 9.83 Å². The van der Waals surface area contributed by atoms with Gasteiger partial charge in [0.2, 0.25) is 0 Å². The zero-order valence-corrected chi connectivity index (χ0v) is 11.4. The van der Waals surface area contributed by atoms with Gasteiger partial charge in [0.1, 0.15) is 12.5 Å². The maximum absolute atomic E-state index is 13.8. The van der Waals surface area contributed by atoms with Crippen molar-refractivity contribution in [2.75, 3.05) is 13.6 Å². The van der Waals surface area contributed by atoms with Crippen LogP contribution in [0.4, 0.5) is 4.39 Å². The normalized spacial score (nSPS) is 12.3. The van der Waals surface area contributed by atoms with Gasteiger partial charge in [-0.05, 0) is 32.0 Å². The molecule has 19 heavy (non-hydrogen) atoms. The molecule has 1 aromatic carbocycles. The van der Waals surface area contributed by atoms with Crippen molar-refractivity contribution in [3.63, 3.8) is 0 Å². The van der Waals surface area contributed by atoms with Crippen molar-refractivity contribution < 1.29 is 9.23 Å². The van der Waals surface area contributed by atoms with Crippen LogP contribution in [-0.4, -0.2) is 23.9 Å². The highest BCUT2D eigenvalue weighted by Crippen LogP contribution is 2.23. The second kappa shape index (κ2) is 5.95. The summed E-state index contributed by atoms with van der Waals surface area (Å²) in [6, 6.07) is 6.85. The first-order valence-electron chi connectivity index (χ1n) is 6.26. The molecule has 0 aliphatic carbocycles. The number of halogens is 1. The van der Waals surface area contributed by atoms with E-state index in [0.29, 0.717) is 18.7 Å². The number of nitrogens with zero attached hydrogens (tertiary/aromatic N) is 2. The van der Waals surface area contributed by atoms with Gasteiger partial charge in [0.05, 0.1) is 16.9 Å². The van der Waals surface area contributed by atoms with Crippen LogP contribution in [0.1, 0.15) is 19.5 Å². The fourth-order valence-electron chi connectivity index (χ4n) is 2.13. The number of nitrogens with one attached hydrogen (secondary N) is 1. The highest BCUT2D eigenvalue weighted by atomic mass is 19.1. The van der Waals surface area contributed by atoms with Crippen molar-refractivity contribution in [3.05, 3.63) is 35.8 Å². The summed E-state index contributed by atoms with van der Waals surface area (Å²) in [6.07, 6.45) is 0. The Labute approximate surface area is 111 Å². The largest absolute Gasteiger partial charge is 0.313 e. The molecule has 0 amide bonds. The SMILES string of the molecule is CCN=C(C)c1cc2c(F)cccc2n1CONC. The Balaban J connectivity index is 2.60. The van der Waals surface area contributed by atoms with E-state index >= 15 is 0 Å². The summed E-state index contributed by atoms with van der Waals surface area (Å²) in [7, 11) is 1.69. The molecule has 102 valence electrons. The molecule has 1 aromatic heterocycles. The number of rotatable bonds is 5. The van der Waals surface area contributed by atoms with Crippen LogP contribution < -0.4 is 5.48 Å². The summed E-state index contributed by atoms with van der Waals surface area (Å²) in [5.41, 5.74) is 5.18. The molecule has 0 aliphatic rings. The van der Waals surface area contributed by atoms with Gasteiger partial charge in [0.15, 0.2) is 0 Å². The number of benzene rings is 1. The van der Waals surface area contributed by atoms with Crippen LogP contribution in [0, 0.1) is 5.82 Å². The lowest BCUT2D eigenvalue weighted by molar-refractivity contribution is 0.0104. The molecule has 1 N–H and O–H groups in total. The zero-order chi connectivity index (χ0) is 13.8. The van der Waals surface area contributed by atoms with Gasteiger partial charge < -0.3 is 4.57 Å². The molecule has 2 aromatic rings. The Morgan fingerprint density at radius 2 is 2.26 bits per heavy atom. The lowest BCUT2D eigenvalue weighted by Gasteiger charge is -2.10. The van der Waals surface area contributed by atoms with Crippen molar-refractivity contribution in [2.24, 2.45) is 4.99 Å². The molecule has 0 saturated heterocycles. The average Bonchev–Trinajstić information content (AvgIpc) is 2.77. The van der Waals surface area contributed by atoms with Crippen LogP contribution in [0.2, 0.25) is 0 Å². The Morgan fingerprint density at radius 1 is 1.47 bits per heavy atom. The number of hydrogen-bond donors (Lipinski definition) is 1. The van der Waals surface area contributed by atoms with Crippen molar-refractivity contribution in [1.29, 1.82) is 0 Å². The molecule has 2 rings (SSSR count). The third-order valence-electron chi connectivity index (χ3n) is 3.00. The van der Waals surface area contributed by atoms with E-state index < -0.39 is 0 Å². The molecule has 0 unspecified atom stereocenters. The Bertz CT molecular complexity index is 604. The van der Waals surface area contributed by atoms with Crippen molar-refractivity contribution in [2.45, 2.75) is 20.6 Å². The van der Waals surface area contributed by atoms with Gasteiger partial charge in [0, 0.05) is 19.0 Å². The third-order valence-corrected chi connectivity index (χ3v) is 3.00. The predicted molar refractivity (Wildman–Crippen MR) is 74.8 cm³/mol. The summed E-state index contributed by atoms with van der Waals surface area (Å²) in [4.78, 5) is 9.62. The molecule has 5 heteroatoms. The first-order valence-corrected chi connectivity index (χ1v) is 6.26. The van der Waals surface area contributed by atoms with Crippen LogP contribution in [0.15, 0.2) is 29.3 Å². The Morgan fingerprint density at radius 3 is 2.95 bits per heavy atom. The van der Waals surface area contributed by atoms with E-state index in [2.05, 4.69) is 10.5 Å². The fraction of sp³-hybridized carbons (Fsp3) is 0.357. The molecular weight excluding hydrogens is 245 g/mol. The second-order valence-electron chi connectivity index (χ2n) is 4.17. The van der Waals surface area contributed by atoms with Crippen LogP contribution in [-0.2, 0) is 11.6 Å². The van der Waals surface area contributed by atoms with Crippen LogP contribution >= 0.6 is 0 Å². The molecular formula is C14H18FN3O. The molecule has 1 heterocycles. The highest BCUT2D eigenvalue weighted by Gasteiger charge is 2.13. The smallest absolute Gasteiger partial charge is 0.144 e. The summed E-state index contributed by atoms with van der Waals surface area (Å²) in [5, 5.41) is 0.586. The zero-order valence-electron chi connectivity index (χ0n) is 11.4. The number of aromatic nitrogens is 1. The second-order valence-corrected chi connectivity index (χ2v) is 4.17. The Kier molecular flexibility index (Phi) is 4.29. The minimum absolute atomic E-state index is 0.230. The maximum atomic E-state index is 13.8. The molecule has 0 atom stereocenters. The Hall–Kier alpha value is -1.72. The lowest BCUT2D eigenvalue weighted by atomic mass is 10.2. The van der Waals surface area contributed by atoms with Gasteiger partial charge in [0.25, 0.3) is 0 Å². The summed E-state index contributed by atoms with van der Waals surface area (Å²) >= 11 is 0. The highest BCUT2D eigenvalue weighted by molar-refractivity contribution is 6.02. The topological polar surface area (TPSA) is 38.5 Å². The summed E-state index contributed by atoms with van der Waals surface area (Å²) in [5.74, 6) is -0.230. The van der Waals surface area contributed by atoms with E-state index in [1.54, 1.807) is 13.1 Å². The maximum Gasteiger partial charge on any atom is 0.144 e. The van der Waals surface area contributed by atoms with E-state index in [1.165, 1.54) is 6.07 Å². The van der Waals surface area contributed by atoms with Gasteiger partial charge >= 0.3 is 0 Å². The summed E-state index contributed by atoms with van der Waals surface area (Å²) in [6.45, 7) is 4.89.